The van der Waals surface area contributed by atoms with Crippen LogP contribution in [0.4, 0.5) is 8.78 Å². The zero-order valence-corrected chi connectivity index (χ0v) is 12.6. The van der Waals surface area contributed by atoms with Gasteiger partial charge in [0.2, 0.25) is 5.91 Å². The van der Waals surface area contributed by atoms with Crippen LogP contribution >= 0.6 is 0 Å². The maximum atomic E-state index is 13.8. The van der Waals surface area contributed by atoms with Gasteiger partial charge in [-0.15, -0.1) is 0 Å². The smallest absolute Gasteiger partial charge is 0.223 e. The minimum atomic E-state index is -0.758. The second-order valence-corrected chi connectivity index (χ2v) is 4.98. The summed E-state index contributed by atoms with van der Waals surface area (Å²) in [6, 6.07) is 2.70. The van der Waals surface area contributed by atoms with E-state index in [1.807, 2.05) is 13.8 Å². The molecule has 0 saturated carbocycles. The van der Waals surface area contributed by atoms with Crippen LogP contribution < -0.4 is 15.4 Å². The zero-order valence-electron chi connectivity index (χ0n) is 12.6. The van der Waals surface area contributed by atoms with E-state index in [-0.39, 0.29) is 25.0 Å². The van der Waals surface area contributed by atoms with Gasteiger partial charge in [-0.2, -0.15) is 0 Å². The first kappa shape index (κ1) is 17.4. The topological polar surface area (TPSA) is 50.4 Å². The fourth-order valence-corrected chi connectivity index (χ4v) is 1.71. The average Bonchev–Trinajstić information content (AvgIpc) is 2.40. The number of halogens is 2. The Hall–Kier alpha value is -1.69. The molecule has 2 N–H and O–H groups in total. The third-order valence-corrected chi connectivity index (χ3v) is 2.72. The Morgan fingerprint density at radius 3 is 2.43 bits per heavy atom. The highest BCUT2D eigenvalue weighted by atomic mass is 19.1. The van der Waals surface area contributed by atoms with Crippen LogP contribution in [0, 0.1) is 11.6 Å². The van der Waals surface area contributed by atoms with Crippen molar-refractivity contribution >= 4 is 5.91 Å². The van der Waals surface area contributed by atoms with Gasteiger partial charge in [0.1, 0.15) is 0 Å². The van der Waals surface area contributed by atoms with E-state index in [2.05, 4.69) is 10.6 Å². The van der Waals surface area contributed by atoms with Crippen molar-refractivity contribution in [3.05, 3.63) is 29.3 Å². The van der Waals surface area contributed by atoms with Crippen LogP contribution in [-0.4, -0.2) is 25.1 Å². The first-order valence-corrected chi connectivity index (χ1v) is 7.04. The number of hydrogen-bond donors (Lipinski definition) is 2. The van der Waals surface area contributed by atoms with Crippen molar-refractivity contribution in [2.75, 3.05) is 13.2 Å². The lowest BCUT2D eigenvalue weighted by atomic mass is 10.2. The Kier molecular flexibility index (Phi) is 7.08. The molecule has 6 heteroatoms. The number of rotatable bonds is 8. The van der Waals surface area contributed by atoms with Gasteiger partial charge in [0.05, 0.1) is 13.0 Å². The molecular weight excluding hydrogens is 278 g/mol. The summed E-state index contributed by atoms with van der Waals surface area (Å²) in [4.78, 5) is 11.2. The first-order valence-electron chi connectivity index (χ1n) is 7.04. The lowest BCUT2D eigenvalue weighted by molar-refractivity contribution is -0.121. The van der Waals surface area contributed by atoms with E-state index in [1.165, 1.54) is 12.1 Å². The predicted molar refractivity (Wildman–Crippen MR) is 77.1 cm³/mol. The molecule has 21 heavy (non-hydrogen) atoms. The molecule has 0 spiro atoms. The van der Waals surface area contributed by atoms with Gasteiger partial charge in [-0.3, -0.25) is 4.79 Å². The largest absolute Gasteiger partial charge is 0.487 e. The summed E-state index contributed by atoms with van der Waals surface area (Å²) in [6.45, 7) is 6.52. The summed E-state index contributed by atoms with van der Waals surface area (Å²) in [6.07, 6.45) is 0.0589. The number of nitrogens with one attached hydrogen (secondary N) is 2. The number of ether oxygens (including phenoxy) is 1. The van der Waals surface area contributed by atoms with Gasteiger partial charge in [0.15, 0.2) is 17.4 Å². The second kappa shape index (κ2) is 8.56. The van der Waals surface area contributed by atoms with Gasteiger partial charge in [0, 0.05) is 19.1 Å². The molecule has 1 aromatic carbocycles. The summed E-state index contributed by atoms with van der Waals surface area (Å²) in [5.41, 5.74) is 0.509. The molecule has 0 fully saturated rings. The van der Waals surface area contributed by atoms with Crippen molar-refractivity contribution in [1.29, 1.82) is 0 Å². The Balaban J connectivity index is 2.61. The third-order valence-electron chi connectivity index (χ3n) is 2.72. The molecule has 0 bridgehead atoms. The van der Waals surface area contributed by atoms with Crippen LogP contribution in [0.1, 0.15) is 32.8 Å². The van der Waals surface area contributed by atoms with Gasteiger partial charge in [-0.25, -0.2) is 8.78 Å². The molecule has 0 aliphatic rings. The molecule has 1 rings (SSSR count). The number of amides is 1. The van der Waals surface area contributed by atoms with E-state index in [0.717, 1.165) is 0 Å². The van der Waals surface area contributed by atoms with Crippen molar-refractivity contribution in [3.63, 3.8) is 0 Å². The van der Waals surface area contributed by atoms with Crippen molar-refractivity contribution in [1.82, 2.24) is 10.6 Å². The summed E-state index contributed by atoms with van der Waals surface area (Å²) < 4.78 is 32.7. The first-order chi connectivity index (χ1) is 9.93. The summed E-state index contributed by atoms with van der Waals surface area (Å²) in [7, 11) is 0. The summed E-state index contributed by atoms with van der Waals surface area (Å²) >= 11 is 0. The zero-order chi connectivity index (χ0) is 15.8. The molecule has 0 aliphatic heterocycles. The molecule has 1 aromatic rings. The normalized spacial score (nSPS) is 10.8. The molecule has 0 radical (unpaired) electrons. The molecule has 0 aromatic heterocycles. The standard InChI is InChI=1S/C15H22F2N2O2/c1-4-18-14(20)5-6-21-15-12(16)7-11(8-13(15)17)9-19-10(2)3/h7-8,10,19H,4-6,9H2,1-3H3,(H,18,20). The van der Waals surface area contributed by atoms with Crippen molar-refractivity contribution in [2.24, 2.45) is 0 Å². The van der Waals surface area contributed by atoms with E-state index < -0.39 is 17.4 Å². The SMILES string of the molecule is CCNC(=O)CCOc1c(F)cc(CNC(C)C)cc1F. The lowest BCUT2D eigenvalue weighted by Crippen LogP contribution is -2.24. The number of hydrogen-bond acceptors (Lipinski definition) is 3. The summed E-state index contributed by atoms with van der Waals surface area (Å²) in [5.74, 6) is -2.17. The van der Waals surface area contributed by atoms with E-state index in [4.69, 9.17) is 4.74 Å². The minimum Gasteiger partial charge on any atom is -0.487 e. The monoisotopic (exact) mass is 300 g/mol. The Bertz CT molecular complexity index is 456. The van der Waals surface area contributed by atoms with Crippen LogP contribution in [0.3, 0.4) is 0 Å². The van der Waals surface area contributed by atoms with Crippen LogP contribution in [-0.2, 0) is 11.3 Å². The Morgan fingerprint density at radius 2 is 1.90 bits per heavy atom. The molecule has 0 atom stereocenters. The molecular formula is C15H22F2N2O2. The molecule has 0 aliphatic carbocycles. The quantitative estimate of drug-likeness (QED) is 0.775. The Labute approximate surface area is 123 Å². The lowest BCUT2D eigenvalue weighted by Gasteiger charge is -2.12. The van der Waals surface area contributed by atoms with Gasteiger partial charge in [-0.1, -0.05) is 13.8 Å². The van der Waals surface area contributed by atoms with Gasteiger partial charge in [0.25, 0.3) is 0 Å². The molecule has 1 amide bonds. The minimum absolute atomic E-state index is 0.0589. The molecule has 0 saturated heterocycles. The summed E-state index contributed by atoms with van der Waals surface area (Å²) in [5, 5.41) is 5.66. The van der Waals surface area contributed by atoms with Crippen LogP contribution in [0.5, 0.6) is 5.75 Å². The highest BCUT2D eigenvalue weighted by Crippen LogP contribution is 2.23. The van der Waals surface area contributed by atoms with E-state index >= 15 is 0 Å². The maximum Gasteiger partial charge on any atom is 0.223 e. The predicted octanol–water partition coefficient (Wildman–Crippen LogP) is 2.37. The van der Waals surface area contributed by atoms with Gasteiger partial charge in [-0.05, 0) is 24.6 Å². The Morgan fingerprint density at radius 1 is 1.29 bits per heavy atom. The van der Waals surface area contributed by atoms with E-state index in [1.54, 1.807) is 6.92 Å². The number of benzene rings is 1. The maximum absolute atomic E-state index is 13.8. The van der Waals surface area contributed by atoms with Gasteiger partial charge >= 0.3 is 0 Å². The van der Waals surface area contributed by atoms with E-state index in [0.29, 0.717) is 18.7 Å². The third kappa shape index (κ3) is 6.08. The van der Waals surface area contributed by atoms with Crippen molar-refractivity contribution in [3.8, 4) is 5.75 Å². The number of carbonyl (C=O) groups is 1. The number of carbonyl (C=O) groups excluding carboxylic acids is 1. The molecule has 118 valence electrons. The highest BCUT2D eigenvalue weighted by molar-refractivity contribution is 5.75. The van der Waals surface area contributed by atoms with Crippen LogP contribution in [0.25, 0.3) is 0 Å². The van der Waals surface area contributed by atoms with Crippen molar-refractivity contribution < 1.29 is 18.3 Å². The highest BCUT2D eigenvalue weighted by Gasteiger charge is 2.13. The van der Waals surface area contributed by atoms with Crippen LogP contribution in [0.15, 0.2) is 12.1 Å². The fraction of sp³-hybridized carbons (Fsp3) is 0.533. The molecule has 4 nitrogen and oxygen atoms in total. The second-order valence-electron chi connectivity index (χ2n) is 4.98. The fourth-order valence-electron chi connectivity index (χ4n) is 1.71. The van der Waals surface area contributed by atoms with Crippen LogP contribution in [0.2, 0.25) is 0 Å². The molecule has 0 heterocycles. The average molecular weight is 300 g/mol. The van der Waals surface area contributed by atoms with E-state index in [9.17, 15) is 13.6 Å². The molecule has 0 unspecified atom stereocenters. The van der Waals surface area contributed by atoms with Crippen molar-refractivity contribution in [2.45, 2.75) is 39.8 Å². The van der Waals surface area contributed by atoms with Gasteiger partial charge < -0.3 is 15.4 Å².